The van der Waals surface area contributed by atoms with E-state index in [1.807, 2.05) is 70.5 Å². The molecule has 2 aromatic heterocycles. The van der Waals surface area contributed by atoms with E-state index < -0.39 is 0 Å². The first kappa shape index (κ1) is 33.7. The van der Waals surface area contributed by atoms with Gasteiger partial charge < -0.3 is 18.6 Å². The molecule has 0 radical (unpaired) electrons. The van der Waals surface area contributed by atoms with Crippen LogP contribution in [0.5, 0.6) is 0 Å². The van der Waals surface area contributed by atoms with Crippen molar-refractivity contribution in [3.63, 3.8) is 0 Å². The van der Waals surface area contributed by atoms with Gasteiger partial charge in [-0.2, -0.15) is 0 Å². The van der Waals surface area contributed by atoms with E-state index in [1.54, 1.807) is 48.5 Å². The molecule has 8 heteroatoms. The Bertz CT molecular complexity index is 3280. The highest BCUT2D eigenvalue weighted by Gasteiger charge is 2.20. The molecule has 0 atom stereocenters. The third-order valence-corrected chi connectivity index (χ3v) is 10.8. The van der Waals surface area contributed by atoms with Crippen molar-refractivity contribution in [2.75, 3.05) is 9.80 Å². The second kappa shape index (κ2) is 13.0. The summed E-state index contributed by atoms with van der Waals surface area (Å²) in [7, 11) is 0. The lowest BCUT2D eigenvalue weighted by Gasteiger charge is -2.25. The van der Waals surface area contributed by atoms with E-state index in [1.165, 1.54) is 48.5 Å². The maximum absolute atomic E-state index is 13.9. The van der Waals surface area contributed by atoms with Gasteiger partial charge in [0, 0.05) is 50.3 Å². The van der Waals surface area contributed by atoms with Gasteiger partial charge in [-0.15, -0.1) is 0 Å². The van der Waals surface area contributed by atoms with E-state index in [0.29, 0.717) is 16.7 Å². The minimum atomic E-state index is -0.344. The van der Waals surface area contributed by atoms with Crippen molar-refractivity contribution in [3.05, 3.63) is 193 Å². The molecule has 0 aliphatic rings. The fourth-order valence-corrected chi connectivity index (χ4v) is 8.09. The van der Waals surface area contributed by atoms with Gasteiger partial charge in [0.2, 0.25) is 0 Å². The number of hydrogen-bond donors (Lipinski definition) is 0. The molecule has 11 aromatic rings. The molecule has 0 N–H and O–H groups in total. The van der Waals surface area contributed by atoms with Crippen molar-refractivity contribution < 1.29 is 26.4 Å². The van der Waals surface area contributed by atoms with Gasteiger partial charge in [-0.25, -0.2) is 17.6 Å². The van der Waals surface area contributed by atoms with Crippen molar-refractivity contribution in [2.24, 2.45) is 0 Å². The van der Waals surface area contributed by atoms with E-state index >= 15 is 0 Å². The largest absolute Gasteiger partial charge is 0.456 e. The summed E-state index contributed by atoms with van der Waals surface area (Å²) in [5.41, 5.74) is 7.36. The predicted molar refractivity (Wildman–Crippen MR) is 225 cm³/mol. The van der Waals surface area contributed by atoms with Gasteiger partial charge in [-0.05, 0) is 179 Å². The molecular formula is C50H28F4N2O2. The molecule has 0 aliphatic carbocycles. The van der Waals surface area contributed by atoms with Crippen LogP contribution >= 0.6 is 0 Å². The smallest absolute Gasteiger partial charge is 0.147 e. The first-order chi connectivity index (χ1) is 28.3. The second-order valence-electron chi connectivity index (χ2n) is 14.4. The molecule has 4 nitrogen and oxygen atoms in total. The van der Waals surface area contributed by atoms with Crippen LogP contribution in [0.4, 0.5) is 51.7 Å². The molecule has 0 spiro atoms. The van der Waals surface area contributed by atoms with Crippen LogP contribution in [-0.2, 0) is 0 Å². The molecular weight excluding hydrogens is 737 g/mol. The third kappa shape index (κ3) is 5.60. The number of nitrogens with zero attached hydrogens (tertiary/aromatic N) is 2. The van der Waals surface area contributed by atoms with Crippen LogP contribution in [-0.4, -0.2) is 0 Å². The molecule has 278 valence electrons. The summed E-state index contributed by atoms with van der Waals surface area (Å²) >= 11 is 0. The Hall–Kier alpha value is -7.58. The SMILES string of the molecule is Fc1ccc(N(c2ccc(F)cc2)c2ccc3cc4c(cc3c2)oc2c4ccc3oc4cc5cc(N(c6ccc(F)cc6)c6ccc(F)cc6)ccc5cc4c32)cc1. The van der Waals surface area contributed by atoms with Crippen LogP contribution < -0.4 is 9.80 Å². The molecule has 0 saturated heterocycles. The predicted octanol–water partition coefficient (Wildman–Crippen LogP) is 15.3. The minimum Gasteiger partial charge on any atom is -0.456 e. The molecule has 2 heterocycles. The molecule has 0 fully saturated rings. The van der Waals surface area contributed by atoms with Gasteiger partial charge in [-0.3, -0.25) is 0 Å². The third-order valence-electron chi connectivity index (χ3n) is 10.8. The van der Waals surface area contributed by atoms with Gasteiger partial charge in [-0.1, -0.05) is 12.1 Å². The Morgan fingerprint density at radius 3 is 1.14 bits per heavy atom. The van der Waals surface area contributed by atoms with Gasteiger partial charge in [0.25, 0.3) is 0 Å². The van der Waals surface area contributed by atoms with E-state index in [2.05, 4.69) is 12.1 Å². The van der Waals surface area contributed by atoms with Gasteiger partial charge >= 0.3 is 0 Å². The summed E-state index contributed by atoms with van der Waals surface area (Å²) in [6.07, 6.45) is 0. The summed E-state index contributed by atoms with van der Waals surface area (Å²) < 4.78 is 68.9. The van der Waals surface area contributed by atoms with Crippen LogP contribution in [0.1, 0.15) is 0 Å². The van der Waals surface area contributed by atoms with Crippen molar-refractivity contribution in [1.82, 2.24) is 0 Å². The molecule has 58 heavy (non-hydrogen) atoms. The summed E-state index contributed by atoms with van der Waals surface area (Å²) in [6.45, 7) is 0. The number of halogens is 4. The standard InChI is InChI=1S/C50H28F4N2O2/c51-33-3-13-37(14-4-33)55(38-15-5-34(52)6-16-38)41-11-1-29-25-44-43-21-22-46-49(50(43)58-47(44)27-31(29)23-41)45-26-30-2-12-42(24-32(30)28-48(45)57-46)56(39-17-7-35(53)8-18-39)40-19-9-36(54)10-20-40/h1-28H. The van der Waals surface area contributed by atoms with Crippen molar-refractivity contribution in [1.29, 1.82) is 0 Å². The molecule has 0 amide bonds. The van der Waals surface area contributed by atoms with E-state index in [4.69, 9.17) is 8.83 Å². The molecule has 9 aromatic carbocycles. The fraction of sp³-hybridized carbons (Fsp3) is 0. The lowest BCUT2D eigenvalue weighted by molar-refractivity contribution is 0.627. The van der Waals surface area contributed by atoms with Gasteiger partial charge in [0.05, 0.1) is 5.39 Å². The van der Waals surface area contributed by atoms with Crippen LogP contribution in [0.2, 0.25) is 0 Å². The Kier molecular flexibility index (Phi) is 7.56. The number of hydrogen-bond acceptors (Lipinski definition) is 4. The zero-order valence-electron chi connectivity index (χ0n) is 30.4. The molecule has 0 aliphatic heterocycles. The Morgan fingerprint density at radius 2 is 0.690 bits per heavy atom. The van der Waals surface area contributed by atoms with Crippen LogP contribution in [0, 0.1) is 23.3 Å². The minimum absolute atomic E-state index is 0.344. The number of anilines is 6. The monoisotopic (exact) mass is 764 g/mol. The number of fused-ring (bicyclic) bond motifs is 9. The first-order valence-corrected chi connectivity index (χ1v) is 18.6. The number of rotatable bonds is 6. The zero-order valence-corrected chi connectivity index (χ0v) is 30.4. The highest BCUT2D eigenvalue weighted by atomic mass is 19.1. The van der Waals surface area contributed by atoms with Crippen molar-refractivity contribution in [3.8, 4) is 0 Å². The topological polar surface area (TPSA) is 32.8 Å². The van der Waals surface area contributed by atoms with Crippen LogP contribution in [0.3, 0.4) is 0 Å². The van der Waals surface area contributed by atoms with E-state index in [9.17, 15) is 17.6 Å². The van der Waals surface area contributed by atoms with E-state index in [-0.39, 0.29) is 23.3 Å². The molecule has 11 rings (SSSR count). The number of benzene rings is 9. The van der Waals surface area contributed by atoms with Gasteiger partial charge in [0.15, 0.2) is 0 Å². The normalized spacial score (nSPS) is 11.8. The van der Waals surface area contributed by atoms with Crippen LogP contribution in [0.15, 0.2) is 179 Å². The van der Waals surface area contributed by atoms with Crippen molar-refractivity contribution in [2.45, 2.75) is 0 Å². The Labute approximate surface area is 328 Å². The van der Waals surface area contributed by atoms with Crippen molar-refractivity contribution >= 4 is 99.5 Å². The van der Waals surface area contributed by atoms with E-state index in [0.717, 1.165) is 82.8 Å². The highest BCUT2D eigenvalue weighted by molar-refractivity contribution is 6.24. The Morgan fingerprint density at radius 1 is 0.293 bits per heavy atom. The maximum Gasteiger partial charge on any atom is 0.147 e. The zero-order chi connectivity index (χ0) is 39.1. The lowest BCUT2D eigenvalue weighted by atomic mass is 10.0. The number of furan rings is 2. The Balaban J connectivity index is 1.03. The molecule has 0 saturated carbocycles. The summed E-state index contributed by atoms with van der Waals surface area (Å²) in [5, 5.41) is 7.56. The lowest BCUT2D eigenvalue weighted by Crippen LogP contribution is -2.10. The fourth-order valence-electron chi connectivity index (χ4n) is 8.09. The summed E-state index contributed by atoms with van der Waals surface area (Å²) in [6, 6.07) is 49.3. The molecule has 0 unspecified atom stereocenters. The average Bonchev–Trinajstić information content (AvgIpc) is 3.79. The maximum atomic E-state index is 13.9. The van der Waals surface area contributed by atoms with Crippen LogP contribution in [0.25, 0.3) is 65.4 Å². The second-order valence-corrected chi connectivity index (χ2v) is 14.4. The first-order valence-electron chi connectivity index (χ1n) is 18.6. The average molecular weight is 765 g/mol. The van der Waals surface area contributed by atoms with Gasteiger partial charge in [0.1, 0.15) is 45.6 Å². The summed E-state index contributed by atoms with van der Waals surface area (Å²) in [5.74, 6) is -1.38. The molecule has 0 bridgehead atoms. The quantitative estimate of drug-likeness (QED) is 0.158. The summed E-state index contributed by atoms with van der Waals surface area (Å²) in [4.78, 5) is 3.91. The highest BCUT2D eigenvalue weighted by Crippen LogP contribution is 2.44.